The van der Waals surface area contributed by atoms with Crippen molar-refractivity contribution in [3.63, 3.8) is 0 Å². The third kappa shape index (κ3) is 2.81. The van der Waals surface area contributed by atoms with E-state index in [1.54, 1.807) is 0 Å². The normalized spacial score (nSPS) is 11.1. The zero-order valence-electron chi connectivity index (χ0n) is 12.5. The molecular weight excluding hydrogens is 260 g/mol. The van der Waals surface area contributed by atoms with Crippen molar-refractivity contribution < 1.29 is 0 Å². The highest BCUT2D eigenvalue weighted by Crippen LogP contribution is 2.21. The summed E-state index contributed by atoms with van der Waals surface area (Å²) in [6.45, 7) is 6.03. The van der Waals surface area contributed by atoms with Crippen LogP contribution >= 0.6 is 0 Å². The molecule has 0 fully saturated rings. The third-order valence-electron chi connectivity index (χ3n) is 3.55. The molecule has 0 saturated carbocycles. The number of hydrogen-bond acceptors (Lipinski definition) is 3. The molecule has 1 aromatic carbocycles. The van der Waals surface area contributed by atoms with Crippen LogP contribution in [0.15, 0.2) is 42.9 Å². The van der Waals surface area contributed by atoms with Crippen molar-refractivity contribution in [1.82, 2.24) is 19.9 Å². The summed E-state index contributed by atoms with van der Waals surface area (Å²) in [7, 11) is 0. The molecule has 0 aliphatic heterocycles. The van der Waals surface area contributed by atoms with Gasteiger partial charge in [0.25, 0.3) is 0 Å². The number of pyridine rings is 1. The van der Waals surface area contributed by atoms with Crippen LogP contribution in [0.5, 0.6) is 0 Å². The van der Waals surface area contributed by atoms with E-state index < -0.39 is 0 Å². The van der Waals surface area contributed by atoms with Gasteiger partial charge in [0.05, 0.1) is 16.7 Å². The van der Waals surface area contributed by atoms with Gasteiger partial charge in [0.2, 0.25) is 0 Å². The lowest BCUT2D eigenvalue weighted by Gasteiger charge is -2.12. The van der Waals surface area contributed by atoms with Gasteiger partial charge in [-0.25, -0.2) is 4.98 Å². The van der Waals surface area contributed by atoms with Crippen LogP contribution in [-0.2, 0) is 6.54 Å². The summed E-state index contributed by atoms with van der Waals surface area (Å²) in [5, 5.41) is 3.45. The molecule has 4 heteroatoms. The first kappa shape index (κ1) is 13.8. The van der Waals surface area contributed by atoms with Crippen LogP contribution < -0.4 is 5.32 Å². The summed E-state index contributed by atoms with van der Waals surface area (Å²) in [4.78, 5) is 8.92. The maximum Gasteiger partial charge on any atom is 0.100 e. The Morgan fingerprint density at radius 3 is 2.90 bits per heavy atom. The minimum absolute atomic E-state index is 0.822. The summed E-state index contributed by atoms with van der Waals surface area (Å²) in [5.74, 6) is 0. The van der Waals surface area contributed by atoms with Crippen LogP contribution in [0.25, 0.3) is 16.7 Å². The van der Waals surface area contributed by atoms with Crippen LogP contribution in [0.2, 0.25) is 0 Å². The minimum Gasteiger partial charge on any atom is -0.313 e. The fourth-order valence-corrected chi connectivity index (χ4v) is 2.49. The van der Waals surface area contributed by atoms with Crippen LogP contribution in [0.3, 0.4) is 0 Å². The van der Waals surface area contributed by atoms with Gasteiger partial charge in [-0.1, -0.05) is 19.1 Å². The number of imidazole rings is 1. The molecule has 2 aromatic heterocycles. The molecule has 21 heavy (non-hydrogen) atoms. The van der Waals surface area contributed by atoms with E-state index in [1.807, 2.05) is 37.6 Å². The predicted octanol–water partition coefficient (Wildman–Crippen LogP) is 3.23. The fraction of sp³-hybridized carbons (Fsp3) is 0.294. The van der Waals surface area contributed by atoms with Crippen LogP contribution in [0, 0.1) is 6.92 Å². The zero-order chi connectivity index (χ0) is 14.7. The van der Waals surface area contributed by atoms with Crippen LogP contribution in [0.4, 0.5) is 0 Å². The van der Waals surface area contributed by atoms with E-state index in [0.717, 1.165) is 41.9 Å². The van der Waals surface area contributed by atoms with Crippen LogP contribution in [-0.4, -0.2) is 21.1 Å². The maximum atomic E-state index is 4.48. The standard InChI is InChI=1S/C17H20N4/c1-3-8-18-10-14-11-19-13(2)9-17(14)21-12-20-15-6-4-5-7-16(15)21/h4-7,9,11-12,18H,3,8,10H2,1-2H3. The summed E-state index contributed by atoms with van der Waals surface area (Å²) < 4.78 is 2.15. The first-order valence-corrected chi connectivity index (χ1v) is 7.38. The molecule has 4 nitrogen and oxygen atoms in total. The Bertz CT molecular complexity index is 745. The quantitative estimate of drug-likeness (QED) is 0.730. The lowest BCUT2D eigenvalue weighted by Crippen LogP contribution is -2.16. The molecule has 0 atom stereocenters. The second kappa shape index (κ2) is 6.06. The second-order valence-electron chi connectivity index (χ2n) is 5.23. The van der Waals surface area contributed by atoms with Gasteiger partial charge in [0.15, 0.2) is 0 Å². The number of aryl methyl sites for hydroxylation is 1. The van der Waals surface area contributed by atoms with Gasteiger partial charge in [0, 0.05) is 24.0 Å². The van der Waals surface area contributed by atoms with E-state index in [9.17, 15) is 0 Å². The fourth-order valence-electron chi connectivity index (χ4n) is 2.49. The van der Waals surface area contributed by atoms with E-state index >= 15 is 0 Å². The molecule has 1 N–H and O–H groups in total. The van der Waals surface area contributed by atoms with E-state index in [-0.39, 0.29) is 0 Å². The van der Waals surface area contributed by atoms with E-state index in [0.29, 0.717) is 0 Å². The Balaban J connectivity index is 2.05. The van der Waals surface area contributed by atoms with Gasteiger partial charge >= 0.3 is 0 Å². The number of nitrogens with zero attached hydrogens (tertiary/aromatic N) is 3. The van der Waals surface area contributed by atoms with Gasteiger partial charge in [-0.15, -0.1) is 0 Å². The highest BCUT2D eigenvalue weighted by atomic mass is 15.1. The molecular formula is C17H20N4. The average Bonchev–Trinajstić information content (AvgIpc) is 2.93. The van der Waals surface area contributed by atoms with Crippen molar-refractivity contribution in [2.75, 3.05) is 6.54 Å². The Hall–Kier alpha value is -2.20. The predicted molar refractivity (Wildman–Crippen MR) is 85.6 cm³/mol. The lowest BCUT2D eigenvalue weighted by molar-refractivity contribution is 0.671. The van der Waals surface area contributed by atoms with Gasteiger partial charge in [-0.05, 0) is 38.1 Å². The van der Waals surface area contributed by atoms with E-state index in [2.05, 4.69) is 38.9 Å². The van der Waals surface area contributed by atoms with Gasteiger partial charge in [0.1, 0.15) is 6.33 Å². The maximum absolute atomic E-state index is 4.48. The number of hydrogen-bond donors (Lipinski definition) is 1. The number of nitrogens with one attached hydrogen (secondary N) is 1. The number of fused-ring (bicyclic) bond motifs is 1. The third-order valence-corrected chi connectivity index (χ3v) is 3.55. The van der Waals surface area contributed by atoms with E-state index in [4.69, 9.17) is 0 Å². The molecule has 0 saturated heterocycles. The summed E-state index contributed by atoms with van der Waals surface area (Å²) in [6, 6.07) is 10.3. The lowest BCUT2D eigenvalue weighted by atomic mass is 10.2. The molecule has 0 radical (unpaired) electrons. The zero-order valence-corrected chi connectivity index (χ0v) is 12.5. The topological polar surface area (TPSA) is 42.7 Å². The monoisotopic (exact) mass is 280 g/mol. The number of para-hydroxylation sites is 2. The minimum atomic E-state index is 0.822. The molecule has 0 spiro atoms. The molecule has 0 amide bonds. The largest absolute Gasteiger partial charge is 0.313 e. The molecule has 0 unspecified atom stereocenters. The van der Waals surface area contributed by atoms with Crippen molar-refractivity contribution in [2.45, 2.75) is 26.8 Å². The highest BCUT2D eigenvalue weighted by molar-refractivity contribution is 5.77. The number of benzene rings is 1. The molecule has 0 aliphatic rings. The van der Waals surface area contributed by atoms with Crippen LogP contribution in [0.1, 0.15) is 24.6 Å². The van der Waals surface area contributed by atoms with Crippen molar-refractivity contribution in [1.29, 1.82) is 0 Å². The van der Waals surface area contributed by atoms with Gasteiger partial charge in [-0.2, -0.15) is 0 Å². The summed E-state index contributed by atoms with van der Waals surface area (Å²) in [5.41, 5.74) is 5.50. The number of rotatable bonds is 5. The molecule has 3 rings (SSSR count). The SMILES string of the molecule is CCCNCc1cnc(C)cc1-n1cnc2ccccc21. The van der Waals surface area contributed by atoms with Crippen molar-refractivity contribution in [2.24, 2.45) is 0 Å². The van der Waals surface area contributed by atoms with Gasteiger partial charge < -0.3 is 5.32 Å². The number of aromatic nitrogens is 3. The Labute approximate surface area is 124 Å². The molecule has 0 aliphatic carbocycles. The van der Waals surface area contributed by atoms with Crippen molar-refractivity contribution in [3.8, 4) is 5.69 Å². The first-order chi connectivity index (χ1) is 10.3. The Morgan fingerprint density at radius 2 is 2.05 bits per heavy atom. The van der Waals surface area contributed by atoms with E-state index in [1.165, 1.54) is 5.56 Å². The van der Waals surface area contributed by atoms with Gasteiger partial charge in [-0.3, -0.25) is 9.55 Å². The van der Waals surface area contributed by atoms with Crippen molar-refractivity contribution >= 4 is 11.0 Å². The first-order valence-electron chi connectivity index (χ1n) is 7.38. The van der Waals surface area contributed by atoms with Crippen molar-refractivity contribution in [3.05, 3.63) is 54.1 Å². The molecule has 0 bridgehead atoms. The smallest absolute Gasteiger partial charge is 0.100 e. The summed E-state index contributed by atoms with van der Waals surface area (Å²) >= 11 is 0. The molecule has 3 aromatic rings. The summed E-state index contributed by atoms with van der Waals surface area (Å²) in [6.07, 6.45) is 4.98. The Morgan fingerprint density at radius 1 is 1.19 bits per heavy atom. The Kier molecular flexibility index (Phi) is 3.97. The molecule has 2 heterocycles. The highest BCUT2D eigenvalue weighted by Gasteiger charge is 2.09. The average molecular weight is 280 g/mol. The second-order valence-corrected chi connectivity index (χ2v) is 5.23. The molecule has 108 valence electrons.